The van der Waals surface area contributed by atoms with Crippen molar-refractivity contribution in [1.82, 2.24) is 20.0 Å². The van der Waals surface area contributed by atoms with Gasteiger partial charge in [-0.25, -0.2) is 0 Å². The topological polar surface area (TPSA) is 88.1 Å². The number of benzene rings is 3. The Kier molecular flexibility index (Phi) is 9.12. The minimum absolute atomic E-state index is 0.00741. The van der Waals surface area contributed by atoms with Gasteiger partial charge >= 0.3 is 0 Å². The second-order valence-electron chi connectivity index (χ2n) is 11.1. The third kappa shape index (κ3) is 6.89. The first-order chi connectivity index (χ1) is 21.6. The summed E-state index contributed by atoms with van der Waals surface area (Å²) in [6.45, 7) is 3.45. The highest BCUT2D eigenvalue weighted by atomic mass is 16.5. The van der Waals surface area contributed by atoms with Crippen LogP contribution in [0.2, 0.25) is 0 Å². The highest BCUT2D eigenvalue weighted by Gasteiger charge is 2.29. The van der Waals surface area contributed by atoms with Gasteiger partial charge in [0.2, 0.25) is 5.91 Å². The zero-order valence-electron chi connectivity index (χ0n) is 25.0. The summed E-state index contributed by atoms with van der Waals surface area (Å²) in [5.41, 5.74) is 4.65. The van der Waals surface area contributed by atoms with E-state index in [2.05, 4.69) is 51.5 Å². The SMILES string of the molecule is COc1cccc(C(=O)N(CC(=O)N2CCN(c3ccc(-c4ccc(-c5ccccc5)cc4)nn3)CC2)C[C@@H]2CCCO2)c1. The fourth-order valence-corrected chi connectivity index (χ4v) is 5.75. The molecule has 2 amide bonds. The van der Waals surface area contributed by atoms with Crippen molar-refractivity contribution in [3.63, 3.8) is 0 Å². The van der Waals surface area contributed by atoms with Crippen molar-refractivity contribution in [3.8, 4) is 28.1 Å². The molecule has 44 heavy (non-hydrogen) atoms. The molecule has 2 saturated heterocycles. The number of carbonyl (C=O) groups is 2. The molecule has 2 fully saturated rings. The van der Waals surface area contributed by atoms with Gasteiger partial charge in [-0.05, 0) is 54.3 Å². The van der Waals surface area contributed by atoms with E-state index >= 15 is 0 Å². The third-order valence-corrected chi connectivity index (χ3v) is 8.27. The number of hydrogen-bond donors (Lipinski definition) is 0. The standard InChI is InChI=1S/C35H37N5O4/c1-43-30-10-5-9-29(23-30)35(42)40(24-31-11-6-22-44-31)25-34(41)39-20-18-38(19-21-39)33-17-16-32(36-37-33)28-14-12-27(13-15-28)26-7-3-2-4-8-26/h2-5,7-10,12-17,23,31H,6,11,18-22,24-25H2,1H3/t31-/m0/s1. The van der Waals surface area contributed by atoms with Crippen molar-refractivity contribution in [2.75, 3.05) is 57.9 Å². The van der Waals surface area contributed by atoms with Crippen LogP contribution in [-0.2, 0) is 9.53 Å². The molecular weight excluding hydrogens is 554 g/mol. The van der Waals surface area contributed by atoms with Crippen molar-refractivity contribution in [2.45, 2.75) is 18.9 Å². The molecule has 3 aromatic carbocycles. The van der Waals surface area contributed by atoms with E-state index in [1.165, 1.54) is 5.56 Å². The predicted octanol–water partition coefficient (Wildman–Crippen LogP) is 4.79. The molecule has 0 aliphatic carbocycles. The average molecular weight is 592 g/mol. The van der Waals surface area contributed by atoms with Crippen LogP contribution in [0.3, 0.4) is 0 Å². The van der Waals surface area contributed by atoms with Crippen LogP contribution in [0, 0.1) is 0 Å². The second kappa shape index (κ2) is 13.7. The highest BCUT2D eigenvalue weighted by Crippen LogP contribution is 2.25. The molecule has 9 nitrogen and oxygen atoms in total. The first-order valence-electron chi connectivity index (χ1n) is 15.1. The summed E-state index contributed by atoms with van der Waals surface area (Å²) in [5, 5.41) is 8.99. The van der Waals surface area contributed by atoms with Gasteiger partial charge in [0, 0.05) is 50.5 Å². The molecule has 2 aliphatic rings. The van der Waals surface area contributed by atoms with Gasteiger partial charge in [-0.2, -0.15) is 0 Å². The van der Waals surface area contributed by atoms with Gasteiger partial charge in [-0.3, -0.25) is 9.59 Å². The molecule has 1 aromatic heterocycles. The van der Waals surface area contributed by atoms with Crippen LogP contribution >= 0.6 is 0 Å². The van der Waals surface area contributed by atoms with Crippen molar-refractivity contribution >= 4 is 17.6 Å². The normalized spacial score (nSPS) is 16.5. The second-order valence-corrected chi connectivity index (χ2v) is 11.1. The lowest BCUT2D eigenvalue weighted by Gasteiger charge is -2.36. The van der Waals surface area contributed by atoms with Crippen molar-refractivity contribution in [2.24, 2.45) is 0 Å². The Morgan fingerprint density at radius 3 is 2.30 bits per heavy atom. The number of carbonyl (C=O) groups excluding carboxylic acids is 2. The van der Waals surface area contributed by atoms with Crippen LogP contribution in [0.1, 0.15) is 23.2 Å². The van der Waals surface area contributed by atoms with Crippen LogP contribution in [0.5, 0.6) is 5.75 Å². The lowest BCUT2D eigenvalue weighted by molar-refractivity contribution is -0.132. The molecule has 0 saturated carbocycles. The molecule has 2 aliphatic heterocycles. The van der Waals surface area contributed by atoms with Gasteiger partial charge in [0.1, 0.15) is 12.3 Å². The number of rotatable bonds is 9. The molecule has 226 valence electrons. The molecule has 6 rings (SSSR count). The molecule has 0 radical (unpaired) electrons. The molecule has 0 N–H and O–H groups in total. The fourth-order valence-electron chi connectivity index (χ4n) is 5.75. The molecule has 1 atom stereocenters. The summed E-state index contributed by atoms with van der Waals surface area (Å²) >= 11 is 0. The molecule has 0 unspecified atom stereocenters. The Morgan fingerprint density at radius 1 is 0.864 bits per heavy atom. The fraction of sp³-hybridized carbons (Fsp3) is 0.314. The molecule has 4 aromatic rings. The zero-order valence-corrected chi connectivity index (χ0v) is 25.0. The summed E-state index contributed by atoms with van der Waals surface area (Å²) in [6.07, 6.45) is 1.79. The first kappa shape index (κ1) is 29.3. The van der Waals surface area contributed by atoms with Gasteiger partial charge in [0.25, 0.3) is 5.91 Å². The summed E-state index contributed by atoms with van der Waals surface area (Å²) in [7, 11) is 1.57. The van der Waals surface area contributed by atoms with Gasteiger partial charge < -0.3 is 24.2 Å². The molecular formula is C35H37N5O4. The summed E-state index contributed by atoms with van der Waals surface area (Å²) in [6, 6.07) is 29.6. The van der Waals surface area contributed by atoms with Gasteiger partial charge in [-0.1, -0.05) is 60.7 Å². The zero-order chi connectivity index (χ0) is 30.3. The maximum absolute atomic E-state index is 13.5. The average Bonchev–Trinajstić information content (AvgIpc) is 3.61. The number of amides is 2. The lowest BCUT2D eigenvalue weighted by atomic mass is 10.0. The number of nitrogens with zero attached hydrogens (tertiary/aromatic N) is 5. The summed E-state index contributed by atoms with van der Waals surface area (Å²) in [4.78, 5) is 32.5. The van der Waals surface area contributed by atoms with Crippen LogP contribution in [0.4, 0.5) is 5.82 Å². The molecule has 0 spiro atoms. The van der Waals surface area contributed by atoms with E-state index in [4.69, 9.17) is 9.47 Å². The molecule has 3 heterocycles. The number of ether oxygens (including phenoxy) is 2. The van der Waals surface area contributed by atoms with Crippen LogP contribution < -0.4 is 9.64 Å². The van der Waals surface area contributed by atoms with E-state index in [-0.39, 0.29) is 24.5 Å². The Bertz CT molecular complexity index is 1550. The maximum Gasteiger partial charge on any atom is 0.254 e. The minimum Gasteiger partial charge on any atom is -0.497 e. The number of hydrogen-bond acceptors (Lipinski definition) is 7. The van der Waals surface area contributed by atoms with E-state index < -0.39 is 0 Å². The Labute approximate surface area is 258 Å². The number of piperazine rings is 1. The Hall–Kier alpha value is -4.76. The predicted molar refractivity (Wildman–Crippen MR) is 170 cm³/mol. The first-order valence-corrected chi connectivity index (χ1v) is 15.1. The van der Waals surface area contributed by atoms with Crippen LogP contribution in [-0.4, -0.2) is 90.9 Å². The highest BCUT2D eigenvalue weighted by molar-refractivity contribution is 5.97. The van der Waals surface area contributed by atoms with Crippen molar-refractivity contribution < 1.29 is 19.1 Å². The van der Waals surface area contributed by atoms with Crippen LogP contribution in [0.15, 0.2) is 91.0 Å². The summed E-state index contributed by atoms with van der Waals surface area (Å²) in [5.74, 6) is 1.12. The molecule has 9 heteroatoms. The summed E-state index contributed by atoms with van der Waals surface area (Å²) < 4.78 is 11.1. The van der Waals surface area contributed by atoms with E-state index in [0.717, 1.165) is 35.5 Å². The number of methoxy groups -OCH3 is 1. The maximum atomic E-state index is 13.5. The largest absolute Gasteiger partial charge is 0.497 e. The van der Waals surface area contributed by atoms with E-state index in [1.807, 2.05) is 35.2 Å². The van der Waals surface area contributed by atoms with E-state index in [1.54, 1.807) is 36.3 Å². The van der Waals surface area contributed by atoms with Crippen LogP contribution in [0.25, 0.3) is 22.4 Å². The monoisotopic (exact) mass is 591 g/mol. The smallest absolute Gasteiger partial charge is 0.254 e. The van der Waals surface area contributed by atoms with Crippen molar-refractivity contribution in [1.29, 1.82) is 0 Å². The number of aromatic nitrogens is 2. The van der Waals surface area contributed by atoms with Gasteiger partial charge in [-0.15, -0.1) is 10.2 Å². The Morgan fingerprint density at radius 2 is 1.61 bits per heavy atom. The third-order valence-electron chi connectivity index (χ3n) is 8.27. The van der Waals surface area contributed by atoms with E-state index in [0.29, 0.717) is 50.6 Å². The van der Waals surface area contributed by atoms with Gasteiger partial charge in [0.05, 0.1) is 18.9 Å². The minimum atomic E-state index is -0.198. The van der Waals surface area contributed by atoms with Crippen molar-refractivity contribution in [3.05, 3.63) is 96.6 Å². The molecule has 0 bridgehead atoms. The Balaban J connectivity index is 1.05. The lowest BCUT2D eigenvalue weighted by Crippen LogP contribution is -2.52. The quantitative estimate of drug-likeness (QED) is 0.277. The number of anilines is 1. The van der Waals surface area contributed by atoms with E-state index in [9.17, 15) is 9.59 Å². The van der Waals surface area contributed by atoms with Gasteiger partial charge in [0.15, 0.2) is 5.82 Å².